The van der Waals surface area contributed by atoms with Gasteiger partial charge < -0.3 is 4.74 Å². The van der Waals surface area contributed by atoms with Gasteiger partial charge >= 0.3 is 5.97 Å². The Morgan fingerprint density at radius 1 is 1.03 bits per heavy atom. The van der Waals surface area contributed by atoms with E-state index in [1.54, 1.807) is 31.2 Å². The molecule has 8 heteroatoms. The molecule has 0 saturated carbocycles. The van der Waals surface area contributed by atoms with Gasteiger partial charge in [-0.05, 0) is 51.0 Å². The van der Waals surface area contributed by atoms with Crippen LogP contribution in [0.4, 0.5) is 8.78 Å². The molecule has 0 saturated heterocycles. The van der Waals surface area contributed by atoms with E-state index in [1.807, 2.05) is 13.8 Å². The minimum atomic E-state index is -0.900. The molecule has 0 amide bonds. The Bertz CT molecular complexity index is 1230. The van der Waals surface area contributed by atoms with Gasteiger partial charge in [0, 0.05) is 11.8 Å². The molecule has 0 aliphatic rings. The van der Waals surface area contributed by atoms with Gasteiger partial charge in [0.1, 0.15) is 28.7 Å². The van der Waals surface area contributed by atoms with E-state index in [9.17, 15) is 23.2 Å². The number of halogens is 2. The fraction of sp³-hybridized carbons (Fsp3) is 0.269. The molecule has 0 fully saturated rings. The zero-order valence-corrected chi connectivity index (χ0v) is 19.3. The van der Waals surface area contributed by atoms with E-state index in [4.69, 9.17) is 4.74 Å². The number of ether oxygens (including phenoxy) is 1. The van der Waals surface area contributed by atoms with Crippen LogP contribution in [-0.2, 0) is 21.4 Å². The SMILES string of the molecule is CCOC(=O)c1c(C=O)nc(-c2c(F)cccc2F)nc1Cc1ccc(C(C)(C)C(C)=O)cc1. The molecule has 34 heavy (non-hydrogen) atoms. The van der Waals surface area contributed by atoms with Crippen molar-refractivity contribution in [2.75, 3.05) is 6.61 Å². The average molecular weight is 466 g/mol. The molecule has 0 aliphatic heterocycles. The van der Waals surface area contributed by atoms with Crippen molar-refractivity contribution in [1.82, 2.24) is 9.97 Å². The Kier molecular flexibility index (Phi) is 7.29. The van der Waals surface area contributed by atoms with Crippen LogP contribution in [0, 0.1) is 11.6 Å². The molecule has 0 aliphatic carbocycles. The van der Waals surface area contributed by atoms with Crippen LogP contribution < -0.4 is 0 Å². The maximum absolute atomic E-state index is 14.4. The van der Waals surface area contributed by atoms with E-state index in [2.05, 4.69) is 9.97 Å². The predicted molar refractivity (Wildman–Crippen MR) is 122 cm³/mol. The molecule has 3 rings (SSSR count). The third-order valence-electron chi connectivity index (χ3n) is 5.72. The lowest BCUT2D eigenvalue weighted by Gasteiger charge is -2.22. The van der Waals surface area contributed by atoms with Crippen LogP contribution in [-0.4, -0.2) is 34.6 Å². The van der Waals surface area contributed by atoms with E-state index >= 15 is 0 Å². The number of carbonyl (C=O) groups is 3. The number of esters is 1. The summed E-state index contributed by atoms with van der Waals surface area (Å²) in [6.07, 6.45) is 0.388. The number of Topliss-reactive ketones (excluding diaryl/α,β-unsaturated/α-hetero) is 1. The highest BCUT2D eigenvalue weighted by molar-refractivity contribution is 5.98. The zero-order chi connectivity index (χ0) is 25.0. The first kappa shape index (κ1) is 24.8. The second-order valence-corrected chi connectivity index (χ2v) is 8.24. The minimum absolute atomic E-state index is 0.00725. The number of aromatic nitrogens is 2. The second kappa shape index (κ2) is 9.99. The Morgan fingerprint density at radius 2 is 1.65 bits per heavy atom. The van der Waals surface area contributed by atoms with Crippen LogP contribution in [0.3, 0.4) is 0 Å². The Hall–Kier alpha value is -3.81. The van der Waals surface area contributed by atoms with Gasteiger partial charge in [0.05, 0.1) is 17.9 Å². The standard InChI is InChI=1S/C26H24F2N2O4/c1-5-34-25(33)23-20(13-16-9-11-17(12-10-16)26(3,4)15(2)32)29-24(30-21(23)14-31)22-18(27)7-6-8-19(22)28/h6-12,14H,5,13H2,1-4H3. The molecule has 0 atom stereocenters. The van der Waals surface area contributed by atoms with Crippen molar-refractivity contribution in [2.24, 2.45) is 0 Å². The number of nitrogens with zero attached hydrogens (tertiary/aromatic N) is 2. The smallest absolute Gasteiger partial charge is 0.342 e. The van der Waals surface area contributed by atoms with Crippen molar-refractivity contribution in [2.45, 2.75) is 39.5 Å². The summed E-state index contributed by atoms with van der Waals surface area (Å²) in [7, 11) is 0. The molecule has 176 valence electrons. The van der Waals surface area contributed by atoms with Gasteiger partial charge in [-0.3, -0.25) is 9.59 Å². The summed E-state index contributed by atoms with van der Waals surface area (Å²) < 4.78 is 33.9. The maximum Gasteiger partial charge on any atom is 0.342 e. The van der Waals surface area contributed by atoms with E-state index < -0.39 is 28.6 Å². The van der Waals surface area contributed by atoms with Gasteiger partial charge in [-0.25, -0.2) is 23.5 Å². The molecule has 0 spiro atoms. The monoisotopic (exact) mass is 466 g/mol. The first-order chi connectivity index (χ1) is 16.1. The van der Waals surface area contributed by atoms with Gasteiger partial charge in [0.25, 0.3) is 0 Å². The highest BCUT2D eigenvalue weighted by Crippen LogP contribution is 2.28. The number of rotatable bonds is 8. The lowest BCUT2D eigenvalue weighted by Crippen LogP contribution is -2.26. The van der Waals surface area contributed by atoms with Crippen molar-refractivity contribution in [3.8, 4) is 11.4 Å². The van der Waals surface area contributed by atoms with Gasteiger partial charge in [-0.15, -0.1) is 0 Å². The summed E-state index contributed by atoms with van der Waals surface area (Å²) in [6, 6.07) is 10.4. The lowest BCUT2D eigenvalue weighted by atomic mass is 9.81. The first-order valence-corrected chi connectivity index (χ1v) is 10.7. The molecule has 2 aromatic carbocycles. The van der Waals surface area contributed by atoms with Gasteiger partial charge in [0.15, 0.2) is 12.1 Å². The van der Waals surface area contributed by atoms with E-state index in [-0.39, 0.29) is 41.6 Å². The quantitative estimate of drug-likeness (QED) is 0.348. The summed E-state index contributed by atoms with van der Waals surface area (Å²) in [5, 5.41) is 0. The van der Waals surface area contributed by atoms with Crippen LogP contribution in [0.1, 0.15) is 65.4 Å². The second-order valence-electron chi connectivity index (χ2n) is 8.24. The Balaban J connectivity index is 2.15. The topological polar surface area (TPSA) is 86.2 Å². The predicted octanol–water partition coefficient (Wildman–Crippen LogP) is 4.87. The molecule has 0 radical (unpaired) electrons. The van der Waals surface area contributed by atoms with E-state index in [0.29, 0.717) is 11.8 Å². The van der Waals surface area contributed by atoms with Crippen LogP contribution in [0.25, 0.3) is 11.4 Å². The maximum atomic E-state index is 14.4. The number of hydrogen-bond acceptors (Lipinski definition) is 6. The number of carbonyl (C=O) groups excluding carboxylic acids is 3. The summed E-state index contributed by atoms with van der Waals surface area (Å²) in [5.41, 5.74) is -0.0681. The molecule has 1 aromatic heterocycles. The van der Waals surface area contributed by atoms with Crippen molar-refractivity contribution >= 4 is 18.0 Å². The number of hydrogen-bond donors (Lipinski definition) is 0. The zero-order valence-electron chi connectivity index (χ0n) is 19.3. The van der Waals surface area contributed by atoms with Crippen molar-refractivity contribution in [3.05, 3.63) is 82.2 Å². The van der Waals surface area contributed by atoms with Crippen molar-refractivity contribution < 1.29 is 27.9 Å². The van der Waals surface area contributed by atoms with Crippen LogP contribution >= 0.6 is 0 Å². The largest absolute Gasteiger partial charge is 0.462 e. The first-order valence-electron chi connectivity index (χ1n) is 10.7. The Morgan fingerprint density at radius 3 is 2.18 bits per heavy atom. The number of aldehydes is 1. The number of ketones is 1. The Labute approximate surface area is 196 Å². The molecule has 6 nitrogen and oxygen atoms in total. The molecule has 0 unspecified atom stereocenters. The molecule has 0 N–H and O–H groups in total. The van der Waals surface area contributed by atoms with Gasteiger partial charge in [-0.1, -0.05) is 30.3 Å². The fourth-order valence-electron chi connectivity index (χ4n) is 3.42. The molecule has 3 aromatic rings. The van der Waals surface area contributed by atoms with Crippen molar-refractivity contribution in [1.29, 1.82) is 0 Å². The fourth-order valence-corrected chi connectivity index (χ4v) is 3.42. The van der Waals surface area contributed by atoms with E-state index in [0.717, 1.165) is 17.7 Å². The molecule has 1 heterocycles. The summed E-state index contributed by atoms with van der Waals surface area (Å²) in [5.74, 6) is -2.96. The van der Waals surface area contributed by atoms with Crippen LogP contribution in [0.2, 0.25) is 0 Å². The normalized spacial score (nSPS) is 11.2. The minimum Gasteiger partial charge on any atom is -0.462 e. The summed E-state index contributed by atoms with van der Waals surface area (Å²) in [4.78, 5) is 44.6. The summed E-state index contributed by atoms with van der Waals surface area (Å²) in [6.45, 7) is 6.82. The average Bonchev–Trinajstić information content (AvgIpc) is 2.79. The molecule has 0 bridgehead atoms. The third kappa shape index (κ3) is 4.90. The van der Waals surface area contributed by atoms with Crippen LogP contribution in [0.5, 0.6) is 0 Å². The van der Waals surface area contributed by atoms with Crippen LogP contribution in [0.15, 0.2) is 42.5 Å². The summed E-state index contributed by atoms with van der Waals surface area (Å²) >= 11 is 0. The third-order valence-corrected chi connectivity index (χ3v) is 5.72. The van der Waals surface area contributed by atoms with E-state index in [1.165, 1.54) is 13.0 Å². The van der Waals surface area contributed by atoms with Gasteiger partial charge in [0.2, 0.25) is 0 Å². The molecular weight excluding hydrogens is 442 g/mol. The molecular formula is C26H24F2N2O4. The van der Waals surface area contributed by atoms with Gasteiger partial charge in [-0.2, -0.15) is 0 Å². The number of benzene rings is 2. The highest BCUT2D eigenvalue weighted by Gasteiger charge is 2.27. The highest BCUT2D eigenvalue weighted by atomic mass is 19.1. The van der Waals surface area contributed by atoms with Crippen molar-refractivity contribution in [3.63, 3.8) is 0 Å². The lowest BCUT2D eigenvalue weighted by molar-refractivity contribution is -0.121.